The molecule has 0 aliphatic rings. The molecule has 5 heteroatoms. The van der Waals surface area contributed by atoms with Crippen LogP contribution < -0.4 is 10.9 Å². The lowest BCUT2D eigenvalue weighted by atomic mass is 10.1. The summed E-state index contributed by atoms with van der Waals surface area (Å²) in [6, 6.07) is 20.7. The SMILES string of the molecule is O=C(NCc1n[nH]c(=O)c2ccccc12)c1ccc2ccccc2c1. The predicted octanol–water partition coefficient (Wildman–Crippen LogP) is 3.01. The topological polar surface area (TPSA) is 74.8 Å². The highest BCUT2D eigenvalue weighted by Crippen LogP contribution is 2.16. The quantitative estimate of drug-likeness (QED) is 0.607. The van der Waals surface area contributed by atoms with Crippen molar-refractivity contribution in [3.8, 4) is 0 Å². The predicted molar refractivity (Wildman–Crippen MR) is 97.5 cm³/mol. The Morgan fingerprint density at radius 1 is 0.920 bits per heavy atom. The van der Waals surface area contributed by atoms with Crippen molar-refractivity contribution >= 4 is 27.5 Å². The fraction of sp³-hybridized carbons (Fsp3) is 0.0500. The lowest BCUT2D eigenvalue weighted by molar-refractivity contribution is 0.0950. The van der Waals surface area contributed by atoms with E-state index in [1.165, 1.54) is 0 Å². The van der Waals surface area contributed by atoms with Gasteiger partial charge in [0.2, 0.25) is 0 Å². The van der Waals surface area contributed by atoms with Gasteiger partial charge in [-0.25, -0.2) is 5.10 Å². The van der Waals surface area contributed by atoms with Crippen molar-refractivity contribution in [2.45, 2.75) is 6.54 Å². The third kappa shape index (κ3) is 2.87. The third-order valence-electron chi connectivity index (χ3n) is 4.20. The van der Waals surface area contributed by atoms with Crippen LogP contribution in [0, 0.1) is 0 Å². The van der Waals surface area contributed by atoms with Crippen molar-refractivity contribution < 1.29 is 4.79 Å². The fourth-order valence-corrected chi connectivity index (χ4v) is 2.90. The van der Waals surface area contributed by atoms with E-state index in [4.69, 9.17) is 0 Å². The van der Waals surface area contributed by atoms with Gasteiger partial charge in [-0.15, -0.1) is 0 Å². The summed E-state index contributed by atoms with van der Waals surface area (Å²) in [5, 5.41) is 12.8. The molecule has 2 N–H and O–H groups in total. The molecule has 0 saturated heterocycles. The van der Waals surface area contributed by atoms with Crippen LogP contribution in [0.25, 0.3) is 21.5 Å². The van der Waals surface area contributed by atoms with Gasteiger partial charge in [0.25, 0.3) is 11.5 Å². The van der Waals surface area contributed by atoms with E-state index in [-0.39, 0.29) is 18.0 Å². The standard InChI is InChI=1S/C20H15N3O2/c24-19(15-10-9-13-5-1-2-6-14(13)11-15)21-12-18-16-7-3-4-8-17(16)20(25)23-22-18/h1-11H,12H2,(H,21,24)(H,23,25). The van der Waals surface area contributed by atoms with Crippen LogP contribution in [0.1, 0.15) is 16.1 Å². The van der Waals surface area contributed by atoms with Gasteiger partial charge in [-0.05, 0) is 29.0 Å². The second-order valence-electron chi connectivity index (χ2n) is 5.79. The summed E-state index contributed by atoms with van der Waals surface area (Å²) in [6.07, 6.45) is 0. The van der Waals surface area contributed by atoms with Crippen LogP contribution >= 0.6 is 0 Å². The van der Waals surface area contributed by atoms with Crippen molar-refractivity contribution in [1.29, 1.82) is 0 Å². The van der Waals surface area contributed by atoms with E-state index in [1.54, 1.807) is 18.2 Å². The van der Waals surface area contributed by atoms with Crippen molar-refractivity contribution in [2.75, 3.05) is 0 Å². The fourth-order valence-electron chi connectivity index (χ4n) is 2.90. The monoisotopic (exact) mass is 329 g/mol. The third-order valence-corrected chi connectivity index (χ3v) is 4.20. The molecule has 0 spiro atoms. The first-order chi connectivity index (χ1) is 12.2. The number of nitrogens with one attached hydrogen (secondary N) is 2. The number of aromatic amines is 1. The van der Waals surface area contributed by atoms with Gasteiger partial charge >= 0.3 is 0 Å². The number of benzene rings is 3. The zero-order valence-electron chi connectivity index (χ0n) is 13.3. The van der Waals surface area contributed by atoms with Crippen LogP contribution in [-0.2, 0) is 6.54 Å². The molecule has 4 aromatic rings. The first-order valence-corrected chi connectivity index (χ1v) is 7.96. The first-order valence-electron chi connectivity index (χ1n) is 7.96. The van der Waals surface area contributed by atoms with Crippen LogP contribution in [0.3, 0.4) is 0 Å². The molecule has 25 heavy (non-hydrogen) atoms. The van der Waals surface area contributed by atoms with Crippen LogP contribution in [0.2, 0.25) is 0 Å². The summed E-state index contributed by atoms with van der Waals surface area (Å²) in [5.41, 5.74) is 0.983. The Balaban J connectivity index is 1.59. The Kier molecular flexibility index (Phi) is 3.74. The summed E-state index contributed by atoms with van der Waals surface area (Å²) in [7, 11) is 0. The first kappa shape index (κ1) is 15.1. The molecule has 1 amide bonds. The number of amides is 1. The maximum atomic E-state index is 12.5. The molecule has 0 radical (unpaired) electrons. The molecule has 0 aliphatic heterocycles. The highest BCUT2D eigenvalue weighted by Gasteiger charge is 2.09. The normalized spacial score (nSPS) is 10.9. The minimum atomic E-state index is -0.236. The number of aromatic nitrogens is 2. The Bertz CT molecular complexity index is 1150. The Labute approximate surface area is 143 Å². The summed E-state index contributed by atoms with van der Waals surface area (Å²) in [5.74, 6) is -0.178. The zero-order valence-corrected chi connectivity index (χ0v) is 13.3. The summed E-state index contributed by atoms with van der Waals surface area (Å²) < 4.78 is 0. The second kappa shape index (κ2) is 6.20. The van der Waals surface area contributed by atoms with Crippen molar-refractivity contribution in [2.24, 2.45) is 0 Å². The molecule has 3 aromatic carbocycles. The Morgan fingerprint density at radius 3 is 2.48 bits per heavy atom. The minimum absolute atomic E-state index is 0.178. The smallest absolute Gasteiger partial charge is 0.272 e. The van der Waals surface area contributed by atoms with Gasteiger partial charge in [0, 0.05) is 10.9 Å². The lowest BCUT2D eigenvalue weighted by Crippen LogP contribution is -2.24. The highest BCUT2D eigenvalue weighted by atomic mass is 16.1. The van der Waals surface area contributed by atoms with Gasteiger partial charge in [-0.2, -0.15) is 5.10 Å². The minimum Gasteiger partial charge on any atom is -0.346 e. The van der Waals surface area contributed by atoms with Crippen molar-refractivity contribution in [3.05, 3.63) is 88.3 Å². The van der Waals surface area contributed by atoms with Crippen LogP contribution in [0.5, 0.6) is 0 Å². The molecule has 0 bridgehead atoms. The molecule has 4 rings (SSSR count). The molecule has 0 aliphatic carbocycles. The maximum absolute atomic E-state index is 12.5. The Morgan fingerprint density at radius 2 is 1.64 bits per heavy atom. The number of hydrogen-bond acceptors (Lipinski definition) is 3. The summed E-state index contributed by atoms with van der Waals surface area (Å²) in [6.45, 7) is 0.239. The number of nitrogens with zero attached hydrogens (tertiary/aromatic N) is 1. The molecule has 0 fully saturated rings. The number of H-pyrrole nitrogens is 1. The molecular formula is C20H15N3O2. The molecule has 0 atom stereocenters. The number of rotatable bonds is 3. The highest BCUT2D eigenvalue weighted by molar-refractivity contribution is 5.98. The number of carbonyl (C=O) groups is 1. The number of hydrogen-bond donors (Lipinski definition) is 2. The van der Waals surface area contributed by atoms with E-state index in [0.717, 1.165) is 16.2 Å². The van der Waals surface area contributed by atoms with Crippen molar-refractivity contribution in [3.63, 3.8) is 0 Å². The lowest BCUT2D eigenvalue weighted by Gasteiger charge is -2.08. The van der Waals surface area contributed by atoms with Gasteiger partial charge in [-0.3, -0.25) is 9.59 Å². The van der Waals surface area contributed by atoms with Crippen LogP contribution in [0.4, 0.5) is 0 Å². The van der Waals surface area contributed by atoms with E-state index in [0.29, 0.717) is 16.6 Å². The average molecular weight is 329 g/mol. The van der Waals surface area contributed by atoms with Crippen LogP contribution in [0.15, 0.2) is 71.5 Å². The van der Waals surface area contributed by atoms with Gasteiger partial charge in [0.05, 0.1) is 17.6 Å². The van der Waals surface area contributed by atoms with E-state index in [2.05, 4.69) is 15.5 Å². The number of fused-ring (bicyclic) bond motifs is 2. The van der Waals surface area contributed by atoms with E-state index in [9.17, 15) is 9.59 Å². The van der Waals surface area contributed by atoms with Crippen molar-refractivity contribution in [1.82, 2.24) is 15.5 Å². The summed E-state index contributed by atoms with van der Waals surface area (Å²) >= 11 is 0. The molecule has 1 aromatic heterocycles. The molecule has 0 saturated carbocycles. The molecule has 5 nitrogen and oxygen atoms in total. The molecule has 0 unspecified atom stereocenters. The average Bonchev–Trinajstić information content (AvgIpc) is 2.67. The molecular weight excluding hydrogens is 314 g/mol. The Hall–Kier alpha value is -3.47. The molecule has 1 heterocycles. The maximum Gasteiger partial charge on any atom is 0.272 e. The van der Waals surface area contributed by atoms with Gasteiger partial charge in [-0.1, -0.05) is 48.5 Å². The van der Waals surface area contributed by atoms with E-state index < -0.39 is 0 Å². The summed E-state index contributed by atoms with van der Waals surface area (Å²) in [4.78, 5) is 24.3. The largest absolute Gasteiger partial charge is 0.346 e. The number of carbonyl (C=O) groups excluding carboxylic acids is 1. The van der Waals surface area contributed by atoms with Gasteiger partial charge < -0.3 is 5.32 Å². The van der Waals surface area contributed by atoms with E-state index in [1.807, 2.05) is 48.5 Å². The zero-order chi connectivity index (χ0) is 17.2. The van der Waals surface area contributed by atoms with E-state index >= 15 is 0 Å². The second-order valence-corrected chi connectivity index (χ2v) is 5.79. The molecule has 122 valence electrons. The van der Waals surface area contributed by atoms with Gasteiger partial charge in [0.15, 0.2) is 0 Å². The van der Waals surface area contributed by atoms with Crippen LogP contribution in [-0.4, -0.2) is 16.1 Å². The van der Waals surface area contributed by atoms with Gasteiger partial charge in [0.1, 0.15) is 0 Å².